The molecule has 3 saturated heterocycles. The number of fused-ring (bicyclic) bond motifs is 2. The molecule has 2 N–H and O–H groups in total. The number of piperidine rings is 1. The highest BCUT2D eigenvalue weighted by Gasteiger charge is 2.42. The maximum atomic E-state index is 15.9. The Bertz CT molecular complexity index is 2330. The third-order valence-electron chi connectivity index (χ3n) is 12.7. The molecule has 4 fully saturated rings. The number of anilines is 4. The molecule has 7 heterocycles. The van der Waals surface area contributed by atoms with Crippen molar-refractivity contribution in [3.63, 3.8) is 0 Å². The van der Waals surface area contributed by atoms with Crippen molar-refractivity contribution in [3.05, 3.63) is 65.1 Å². The van der Waals surface area contributed by atoms with E-state index in [-0.39, 0.29) is 73.0 Å². The fourth-order valence-electron chi connectivity index (χ4n) is 9.37. The van der Waals surface area contributed by atoms with Gasteiger partial charge in [0.15, 0.2) is 5.82 Å². The van der Waals surface area contributed by atoms with Crippen molar-refractivity contribution < 1.29 is 28.0 Å². The first-order valence-electron chi connectivity index (χ1n) is 20.9. The first-order valence-corrected chi connectivity index (χ1v) is 20.9. The molecule has 20 heteroatoms. The first-order chi connectivity index (χ1) is 29.0. The molecule has 0 spiro atoms. The van der Waals surface area contributed by atoms with E-state index < -0.39 is 35.4 Å². The van der Waals surface area contributed by atoms with E-state index in [1.165, 1.54) is 4.90 Å². The van der Waals surface area contributed by atoms with E-state index in [9.17, 15) is 19.2 Å². The zero-order valence-electron chi connectivity index (χ0n) is 34.8. The first kappa shape index (κ1) is 44.9. The summed E-state index contributed by atoms with van der Waals surface area (Å²) in [5.74, 6) is -2.13. The van der Waals surface area contributed by atoms with Crippen LogP contribution >= 0.6 is 24.8 Å². The summed E-state index contributed by atoms with van der Waals surface area (Å²) in [6, 6.07) is 6.31. The lowest BCUT2D eigenvalue weighted by atomic mass is 10.0. The molecular formula is C42H52Cl2F2N12O4. The van der Waals surface area contributed by atoms with Crippen LogP contribution in [0.15, 0.2) is 36.7 Å². The number of amides is 4. The van der Waals surface area contributed by atoms with Crippen molar-refractivity contribution in [2.75, 3.05) is 94.7 Å². The molecule has 9 rings (SSSR count). The number of halogens is 4. The Labute approximate surface area is 370 Å². The number of hydrogen-bond donors (Lipinski definition) is 2. The van der Waals surface area contributed by atoms with Crippen LogP contribution in [-0.2, 0) is 16.1 Å². The van der Waals surface area contributed by atoms with Gasteiger partial charge in [-0.1, -0.05) is 12.8 Å². The number of nitrogens with zero attached hydrogens (tertiary/aromatic N) is 10. The number of benzene rings is 1. The Morgan fingerprint density at radius 1 is 0.871 bits per heavy atom. The molecule has 4 aromatic rings. The molecule has 16 nitrogen and oxygen atoms in total. The summed E-state index contributed by atoms with van der Waals surface area (Å²) >= 11 is 0. The number of nitrogens with one attached hydrogen (secondary N) is 2. The molecule has 0 bridgehead atoms. The quantitative estimate of drug-likeness (QED) is 0.219. The number of carbonyl (C=O) groups excluding carboxylic acids is 4. The summed E-state index contributed by atoms with van der Waals surface area (Å²) in [7, 11) is 3.53. The Hall–Kier alpha value is -5.17. The topological polar surface area (TPSA) is 155 Å². The van der Waals surface area contributed by atoms with Crippen LogP contribution in [0.4, 0.5) is 31.9 Å². The Balaban J connectivity index is 0.00000289. The lowest BCUT2D eigenvalue weighted by molar-refractivity contribution is -0.136. The second-order valence-electron chi connectivity index (χ2n) is 16.6. The van der Waals surface area contributed by atoms with Crippen molar-refractivity contribution in [1.82, 2.24) is 44.4 Å². The average molecular weight is 898 g/mol. The van der Waals surface area contributed by atoms with E-state index in [0.29, 0.717) is 43.6 Å². The molecule has 4 amide bonds. The van der Waals surface area contributed by atoms with Crippen molar-refractivity contribution in [1.29, 1.82) is 0 Å². The van der Waals surface area contributed by atoms with Crippen molar-refractivity contribution >= 4 is 82.6 Å². The molecule has 62 heavy (non-hydrogen) atoms. The van der Waals surface area contributed by atoms with Crippen LogP contribution in [0.3, 0.4) is 0 Å². The number of pyridine rings is 1. The Morgan fingerprint density at radius 3 is 2.18 bits per heavy atom. The van der Waals surface area contributed by atoms with Gasteiger partial charge in [-0.3, -0.25) is 34.3 Å². The van der Waals surface area contributed by atoms with Crippen molar-refractivity contribution in [3.8, 4) is 0 Å². The second kappa shape index (κ2) is 18.7. The molecule has 3 aromatic heterocycles. The number of imide groups is 1. The summed E-state index contributed by atoms with van der Waals surface area (Å²) in [6.45, 7) is 7.26. The van der Waals surface area contributed by atoms with Crippen LogP contribution in [0, 0.1) is 11.6 Å². The molecule has 1 atom stereocenters. The summed E-state index contributed by atoms with van der Waals surface area (Å²) in [6.07, 6.45) is 8.18. The minimum atomic E-state index is -0.895. The largest absolute Gasteiger partial charge is 0.368 e. The predicted molar refractivity (Wildman–Crippen MR) is 235 cm³/mol. The number of rotatable bonds is 10. The van der Waals surface area contributed by atoms with Gasteiger partial charge in [-0.15, -0.1) is 24.8 Å². The van der Waals surface area contributed by atoms with Gasteiger partial charge in [0.2, 0.25) is 17.8 Å². The molecule has 1 unspecified atom stereocenters. The average Bonchev–Trinajstić information content (AvgIpc) is 3.99. The molecule has 332 valence electrons. The molecular weight excluding hydrogens is 845 g/mol. The zero-order chi connectivity index (χ0) is 41.7. The maximum Gasteiger partial charge on any atom is 0.270 e. The van der Waals surface area contributed by atoms with Gasteiger partial charge in [0.25, 0.3) is 11.8 Å². The SMILES string of the molecule is CN(C)C(=O)c1cc2cnc(Nc3ccc(N4CCN(CCN5CCN(c6c(F)cc7c(c6F)CN(C6CCC(=O)NC6=O)C7=O)CC5)CC4)cn3)nc2n1C1CCCC1.Cl.Cl. The van der Waals surface area contributed by atoms with Gasteiger partial charge in [0.1, 0.15) is 34.7 Å². The number of piperazine rings is 2. The third kappa shape index (κ3) is 8.74. The monoisotopic (exact) mass is 896 g/mol. The van der Waals surface area contributed by atoms with E-state index in [0.717, 1.165) is 87.7 Å². The Kier molecular flexibility index (Phi) is 13.5. The summed E-state index contributed by atoms with van der Waals surface area (Å²) in [5.41, 5.74) is 2.32. The smallest absolute Gasteiger partial charge is 0.270 e. The lowest BCUT2D eigenvalue weighted by Crippen LogP contribution is -2.52. The number of carbonyl (C=O) groups is 4. The molecule has 4 aliphatic heterocycles. The standard InChI is InChI=1S/C42H50F2N12O4.2ClH/c1-50(2)41(60)33-21-26-23-46-42(49-38(26)56(33)27-5-3-4-6-27)47-34-9-7-28(24-45-34)53-17-13-51(14-18-53)11-12-52-15-19-54(20-16-52)37-31(43)22-29-30(36(37)44)25-55(40(29)59)32-8-10-35(57)48-39(32)58;;/h7,9,21-24,27,32H,3-6,8,10-20,25H2,1-2H3,(H,48,57,58)(H,45,46,47,49);2*1H. The second-order valence-corrected chi connectivity index (χ2v) is 16.6. The highest BCUT2D eigenvalue weighted by Crippen LogP contribution is 2.37. The van der Waals surface area contributed by atoms with Crippen LogP contribution in [0.5, 0.6) is 0 Å². The lowest BCUT2D eigenvalue weighted by Gasteiger charge is -2.39. The Morgan fingerprint density at radius 2 is 1.55 bits per heavy atom. The van der Waals surface area contributed by atoms with Gasteiger partial charge in [0, 0.05) is 109 Å². The van der Waals surface area contributed by atoms with E-state index >= 15 is 8.78 Å². The minimum Gasteiger partial charge on any atom is -0.368 e. The van der Waals surface area contributed by atoms with Gasteiger partial charge in [-0.25, -0.2) is 18.7 Å². The van der Waals surface area contributed by atoms with Gasteiger partial charge in [-0.2, -0.15) is 4.98 Å². The predicted octanol–water partition coefficient (Wildman–Crippen LogP) is 4.21. The fraction of sp³-hybridized carbons (Fsp3) is 0.500. The van der Waals surface area contributed by atoms with Gasteiger partial charge < -0.3 is 29.5 Å². The van der Waals surface area contributed by atoms with Crippen LogP contribution in [-0.4, -0.2) is 148 Å². The number of hydrogen-bond acceptors (Lipinski definition) is 12. The zero-order valence-corrected chi connectivity index (χ0v) is 36.5. The van der Waals surface area contributed by atoms with Crippen LogP contribution in [0.2, 0.25) is 0 Å². The summed E-state index contributed by atoms with van der Waals surface area (Å²) in [4.78, 5) is 75.9. The van der Waals surface area contributed by atoms with E-state index in [2.05, 4.69) is 45.9 Å². The van der Waals surface area contributed by atoms with Crippen molar-refractivity contribution in [2.45, 2.75) is 57.2 Å². The molecule has 1 aromatic carbocycles. The van der Waals surface area contributed by atoms with Gasteiger partial charge >= 0.3 is 0 Å². The fourth-order valence-corrected chi connectivity index (χ4v) is 9.37. The van der Waals surface area contributed by atoms with E-state index in [4.69, 9.17) is 4.98 Å². The maximum absolute atomic E-state index is 15.9. The molecule has 5 aliphatic rings. The minimum absolute atomic E-state index is 0. The summed E-state index contributed by atoms with van der Waals surface area (Å²) in [5, 5.41) is 6.33. The van der Waals surface area contributed by atoms with E-state index in [1.54, 1.807) is 30.1 Å². The normalized spacial score (nSPS) is 20.0. The number of aromatic nitrogens is 4. The molecule has 1 aliphatic carbocycles. The summed E-state index contributed by atoms with van der Waals surface area (Å²) < 4.78 is 33.5. The van der Waals surface area contributed by atoms with Gasteiger partial charge in [0.05, 0.1) is 24.0 Å². The van der Waals surface area contributed by atoms with Crippen LogP contribution in [0.25, 0.3) is 11.0 Å². The third-order valence-corrected chi connectivity index (χ3v) is 12.7. The molecule has 0 radical (unpaired) electrons. The van der Waals surface area contributed by atoms with Gasteiger partial charge in [-0.05, 0) is 43.5 Å². The molecule has 1 saturated carbocycles. The van der Waals surface area contributed by atoms with Crippen LogP contribution < -0.4 is 20.4 Å². The van der Waals surface area contributed by atoms with Crippen LogP contribution in [0.1, 0.15) is 71.0 Å². The highest BCUT2D eigenvalue weighted by molar-refractivity contribution is 6.05. The van der Waals surface area contributed by atoms with E-state index in [1.807, 2.05) is 18.3 Å². The van der Waals surface area contributed by atoms with Crippen molar-refractivity contribution in [2.24, 2.45) is 0 Å². The highest BCUT2D eigenvalue weighted by atomic mass is 35.5.